The fourth-order valence-electron chi connectivity index (χ4n) is 1.44. The van der Waals surface area contributed by atoms with Crippen molar-refractivity contribution < 1.29 is 9.84 Å². The molecule has 0 aromatic heterocycles. The van der Waals surface area contributed by atoms with Gasteiger partial charge >= 0.3 is 0 Å². The first kappa shape index (κ1) is 14.6. The summed E-state index contributed by atoms with van der Waals surface area (Å²) in [7, 11) is 0. The van der Waals surface area contributed by atoms with Crippen molar-refractivity contribution in [3.05, 3.63) is 29.8 Å². The minimum atomic E-state index is -0.389. The Kier molecular flexibility index (Phi) is 5.25. The Morgan fingerprint density at radius 1 is 1.22 bits per heavy atom. The first-order valence-electron chi connectivity index (χ1n) is 6.33. The molecule has 2 nitrogen and oxygen atoms in total. The molecule has 1 unspecified atom stereocenters. The van der Waals surface area contributed by atoms with Gasteiger partial charge in [-0.2, -0.15) is 0 Å². The van der Waals surface area contributed by atoms with E-state index < -0.39 is 0 Å². The molecule has 0 aliphatic rings. The highest BCUT2D eigenvalue weighted by Crippen LogP contribution is 2.19. The van der Waals surface area contributed by atoms with E-state index in [9.17, 15) is 5.11 Å². The molecule has 0 saturated heterocycles. The van der Waals surface area contributed by atoms with Gasteiger partial charge in [0, 0.05) is 5.41 Å². The molecule has 1 atom stereocenters. The maximum absolute atomic E-state index is 9.66. The second-order valence-electron chi connectivity index (χ2n) is 5.33. The number of benzene rings is 1. The van der Waals surface area contributed by atoms with E-state index in [0.717, 1.165) is 17.7 Å². The number of hydrogen-bond acceptors (Lipinski definition) is 2. The summed E-state index contributed by atoms with van der Waals surface area (Å²) < 4.78 is 5.51. The van der Waals surface area contributed by atoms with Gasteiger partial charge in [0.25, 0.3) is 0 Å². The fraction of sp³-hybridized carbons (Fsp3) is 0.500. The lowest BCUT2D eigenvalue weighted by molar-refractivity contribution is 0.173. The molecule has 18 heavy (non-hydrogen) atoms. The third-order valence-electron chi connectivity index (χ3n) is 2.43. The van der Waals surface area contributed by atoms with Gasteiger partial charge in [-0.25, -0.2) is 0 Å². The van der Waals surface area contributed by atoms with E-state index in [-0.39, 0.29) is 11.5 Å². The summed E-state index contributed by atoms with van der Waals surface area (Å²) in [6.07, 6.45) is 0.330. The summed E-state index contributed by atoms with van der Waals surface area (Å²) in [5, 5.41) is 9.66. The molecule has 0 radical (unpaired) electrons. The Hall–Kier alpha value is -1.46. The standard InChI is InChI=1S/C16H22O2/c1-5-15(17)13-7-9-14(10-8-13)18-12-6-11-16(2,3)4/h7-10,15,17H,5,12H2,1-4H3. The first-order valence-corrected chi connectivity index (χ1v) is 6.33. The van der Waals surface area contributed by atoms with Crippen molar-refractivity contribution in [2.75, 3.05) is 6.61 Å². The number of aliphatic hydroxyl groups is 1. The average Bonchev–Trinajstić information content (AvgIpc) is 2.33. The minimum absolute atomic E-state index is 0.0124. The topological polar surface area (TPSA) is 29.5 Å². The van der Waals surface area contributed by atoms with Gasteiger partial charge in [0.15, 0.2) is 0 Å². The smallest absolute Gasteiger partial charge is 0.149 e. The van der Waals surface area contributed by atoms with Crippen molar-refractivity contribution in [1.29, 1.82) is 0 Å². The predicted molar refractivity (Wildman–Crippen MR) is 74.4 cm³/mol. The molecule has 0 aliphatic heterocycles. The summed E-state index contributed by atoms with van der Waals surface area (Å²) >= 11 is 0. The SMILES string of the molecule is CCC(O)c1ccc(OCC#CC(C)(C)C)cc1. The zero-order valence-electron chi connectivity index (χ0n) is 11.7. The quantitative estimate of drug-likeness (QED) is 0.823. The summed E-state index contributed by atoms with van der Waals surface area (Å²) in [5.41, 5.74) is 0.934. The van der Waals surface area contributed by atoms with Gasteiger partial charge < -0.3 is 9.84 Å². The molecule has 0 aliphatic carbocycles. The molecule has 0 saturated carbocycles. The number of aliphatic hydroxyl groups excluding tert-OH is 1. The van der Waals surface area contributed by atoms with Gasteiger partial charge in [-0.3, -0.25) is 0 Å². The van der Waals surface area contributed by atoms with Crippen molar-refractivity contribution in [3.63, 3.8) is 0 Å². The van der Waals surface area contributed by atoms with Crippen LogP contribution < -0.4 is 4.74 Å². The van der Waals surface area contributed by atoms with E-state index in [0.29, 0.717) is 6.61 Å². The lowest BCUT2D eigenvalue weighted by Crippen LogP contribution is -2.02. The van der Waals surface area contributed by atoms with Crippen LogP contribution in [0.2, 0.25) is 0 Å². The lowest BCUT2D eigenvalue weighted by atomic mass is 9.98. The highest BCUT2D eigenvalue weighted by molar-refractivity contribution is 5.28. The Labute approximate surface area is 110 Å². The predicted octanol–water partition coefficient (Wildman–Crippen LogP) is 3.56. The van der Waals surface area contributed by atoms with Crippen molar-refractivity contribution >= 4 is 0 Å². The molecule has 1 N–H and O–H groups in total. The van der Waals surface area contributed by atoms with Crippen molar-refractivity contribution in [1.82, 2.24) is 0 Å². The molecule has 0 spiro atoms. The summed E-state index contributed by atoms with van der Waals surface area (Å²) in [5.74, 6) is 6.90. The van der Waals surface area contributed by atoms with Crippen molar-refractivity contribution in [2.24, 2.45) is 5.41 Å². The van der Waals surface area contributed by atoms with Gasteiger partial charge in [-0.05, 0) is 44.9 Å². The van der Waals surface area contributed by atoms with E-state index in [1.165, 1.54) is 0 Å². The van der Waals surface area contributed by atoms with Crippen LogP contribution >= 0.6 is 0 Å². The molecule has 1 aromatic rings. The fourth-order valence-corrected chi connectivity index (χ4v) is 1.44. The van der Waals surface area contributed by atoms with Crippen molar-refractivity contribution in [2.45, 2.75) is 40.2 Å². The van der Waals surface area contributed by atoms with Gasteiger partial charge in [0.05, 0.1) is 6.10 Å². The number of hydrogen-bond donors (Lipinski definition) is 1. The molecule has 0 bridgehead atoms. The van der Waals surface area contributed by atoms with Crippen LogP contribution in [0.15, 0.2) is 24.3 Å². The Balaban J connectivity index is 2.51. The lowest BCUT2D eigenvalue weighted by Gasteiger charge is -2.09. The van der Waals surface area contributed by atoms with Crippen LogP contribution in [0.3, 0.4) is 0 Å². The second kappa shape index (κ2) is 6.47. The van der Waals surface area contributed by atoms with E-state index in [4.69, 9.17) is 4.74 Å². The molecule has 2 heteroatoms. The Bertz CT molecular complexity index is 415. The summed E-state index contributed by atoms with van der Waals surface area (Å²) in [6.45, 7) is 8.56. The summed E-state index contributed by atoms with van der Waals surface area (Å²) in [6, 6.07) is 7.52. The second-order valence-corrected chi connectivity index (χ2v) is 5.33. The molecule has 98 valence electrons. The van der Waals surface area contributed by atoms with Gasteiger partial charge in [0.2, 0.25) is 0 Å². The average molecular weight is 246 g/mol. The van der Waals surface area contributed by atoms with Crippen LogP contribution in [0.5, 0.6) is 5.75 Å². The van der Waals surface area contributed by atoms with Crippen LogP contribution in [0.25, 0.3) is 0 Å². The van der Waals surface area contributed by atoms with Gasteiger partial charge in [-0.15, -0.1) is 0 Å². The molecule has 1 rings (SSSR count). The molecular weight excluding hydrogens is 224 g/mol. The highest BCUT2D eigenvalue weighted by atomic mass is 16.5. The maximum Gasteiger partial charge on any atom is 0.149 e. The van der Waals surface area contributed by atoms with E-state index in [2.05, 4.69) is 32.6 Å². The third-order valence-corrected chi connectivity index (χ3v) is 2.43. The molecule has 0 amide bonds. The zero-order chi connectivity index (χ0) is 13.6. The van der Waals surface area contributed by atoms with Gasteiger partial charge in [-0.1, -0.05) is 30.9 Å². The molecule has 1 aromatic carbocycles. The first-order chi connectivity index (χ1) is 8.42. The normalized spacial score (nSPS) is 12.5. The zero-order valence-corrected chi connectivity index (χ0v) is 11.7. The van der Waals surface area contributed by atoms with Crippen molar-refractivity contribution in [3.8, 4) is 17.6 Å². The van der Waals surface area contributed by atoms with Crippen LogP contribution in [0, 0.1) is 17.3 Å². The van der Waals surface area contributed by atoms with Crippen LogP contribution in [0.4, 0.5) is 0 Å². The summed E-state index contributed by atoms with van der Waals surface area (Å²) in [4.78, 5) is 0. The monoisotopic (exact) mass is 246 g/mol. The van der Waals surface area contributed by atoms with Gasteiger partial charge in [0.1, 0.15) is 12.4 Å². The Morgan fingerprint density at radius 2 is 1.83 bits per heavy atom. The largest absolute Gasteiger partial charge is 0.481 e. The maximum atomic E-state index is 9.66. The highest BCUT2D eigenvalue weighted by Gasteiger charge is 2.04. The van der Waals surface area contributed by atoms with E-state index >= 15 is 0 Å². The number of ether oxygens (including phenoxy) is 1. The van der Waals surface area contributed by atoms with E-state index in [1.807, 2.05) is 31.2 Å². The molecular formula is C16H22O2. The number of rotatable bonds is 4. The van der Waals surface area contributed by atoms with Crippen LogP contribution in [0.1, 0.15) is 45.8 Å². The third kappa shape index (κ3) is 5.25. The van der Waals surface area contributed by atoms with E-state index in [1.54, 1.807) is 0 Å². The Morgan fingerprint density at radius 3 is 2.33 bits per heavy atom. The molecule has 0 heterocycles. The van der Waals surface area contributed by atoms with Crippen LogP contribution in [-0.2, 0) is 0 Å². The molecule has 0 fully saturated rings. The minimum Gasteiger partial charge on any atom is -0.481 e. The van der Waals surface area contributed by atoms with Crippen LogP contribution in [-0.4, -0.2) is 11.7 Å².